The summed E-state index contributed by atoms with van der Waals surface area (Å²) in [5.74, 6) is -1.93. The van der Waals surface area contributed by atoms with E-state index >= 15 is 0 Å². The summed E-state index contributed by atoms with van der Waals surface area (Å²) in [6.07, 6.45) is 2.74. The van der Waals surface area contributed by atoms with Crippen LogP contribution >= 0.6 is 12.6 Å². The summed E-state index contributed by atoms with van der Waals surface area (Å²) in [4.78, 5) is 60.0. The number of benzene rings is 1. The van der Waals surface area contributed by atoms with Gasteiger partial charge in [0.2, 0.25) is 29.5 Å². The third kappa shape index (κ3) is 12.5. The Morgan fingerprint density at radius 3 is 2.08 bits per heavy atom. The normalized spacial score (nSPS) is 13.1. The summed E-state index contributed by atoms with van der Waals surface area (Å²) < 4.78 is 0. The van der Waals surface area contributed by atoms with Crippen molar-refractivity contribution < 1.29 is 29.1 Å². The molecule has 0 bridgehead atoms. The number of amides is 5. The number of thiol groups is 1. The molecule has 0 fully saturated rings. The standard InChI is InChI=1S/C25H39N5O6S/c1-16(17-10-12-18(31)13-11-17)23(30-22(34)9-6-8-20(32)27-2)25(36)28-14-5-3-4-7-21(33)29-19(15-37)24(26)35/h10-13,16,19,23,31,37H,3-9,14-15H2,1-2H3,(H2,26,35)(H,27,32)(H,28,36)(H,29,33)(H,30,34)/t16-,19?,23?/m0/s1. The number of nitrogens with one attached hydrogen (secondary N) is 4. The fourth-order valence-electron chi connectivity index (χ4n) is 3.55. The molecule has 1 aromatic rings. The Balaban J connectivity index is 2.59. The van der Waals surface area contributed by atoms with E-state index < -0.39 is 18.0 Å². The van der Waals surface area contributed by atoms with Crippen molar-refractivity contribution in [3.63, 3.8) is 0 Å². The summed E-state index contributed by atoms with van der Waals surface area (Å²) in [5, 5.41) is 20.2. The Morgan fingerprint density at radius 1 is 0.892 bits per heavy atom. The van der Waals surface area contributed by atoms with E-state index in [2.05, 4.69) is 33.9 Å². The van der Waals surface area contributed by atoms with Crippen LogP contribution in [0.2, 0.25) is 0 Å². The molecule has 0 saturated heterocycles. The van der Waals surface area contributed by atoms with E-state index in [4.69, 9.17) is 5.73 Å². The van der Waals surface area contributed by atoms with Crippen LogP contribution in [-0.4, -0.2) is 66.1 Å². The minimum Gasteiger partial charge on any atom is -0.508 e. The van der Waals surface area contributed by atoms with Crippen molar-refractivity contribution in [2.24, 2.45) is 5.73 Å². The Bertz CT molecular complexity index is 911. The Kier molecular flexibility index (Phi) is 14.8. The highest BCUT2D eigenvalue weighted by Gasteiger charge is 2.28. The van der Waals surface area contributed by atoms with Crippen molar-refractivity contribution >= 4 is 42.2 Å². The van der Waals surface area contributed by atoms with Crippen LogP contribution < -0.4 is 27.0 Å². The molecule has 0 spiro atoms. The van der Waals surface area contributed by atoms with Gasteiger partial charge in [0, 0.05) is 44.5 Å². The van der Waals surface area contributed by atoms with Crippen molar-refractivity contribution in [1.82, 2.24) is 21.3 Å². The van der Waals surface area contributed by atoms with Gasteiger partial charge >= 0.3 is 0 Å². The molecule has 5 amide bonds. The average Bonchev–Trinajstić information content (AvgIpc) is 2.87. The molecule has 11 nitrogen and oxygen atoms in total. The van der Waals surface area contributed by atoms with Gasteiger partial charge in [-0.15, -0.1) is 0 Å². The summed E-state index contributed by atoms with van der Waals surface area (Å²) in [6, 6.07) is 4.77. The topological polar surface area (TPSA) is 180 Å². The summed E-state index contributed by atoms with van der Waals surface area (Å²) in [6.45, 7) is 2.16. The average molecular weight is 538 g/mol. The molecule has 0 aliphatic carbocycles. The first kappa shape index (κ1) is 31.7. The second-order valence-electron chi connectivity index (χ2n) is 8.76. The van der Waals surface area contributed by atoms with Crippen LogP contribution in [-0.2, 0) is 24.0 Å². The number of hydrogen-bond acceptors (Lipinski definition) is 7. The van der Waals surface area contributed by atoms with Gasteiger partial charge in [-0.05, 0) is 37.0 Å². The zero-order valence-electron chi connectivity index (χ0n) is 21.4. The molecule has 0 aliphatic rings. The first-order valence-corrected chi connectivity index (χ1v) is 13.0. The highest BCUT2D eigenvalue weighted by atomic mass is 32.1. The number of phenols is 1. The number of unbranched alkanes of at least 4 members (excludes halogenated alkanes) is 2. The summed E-state index contributed by atoms with van der Waals surface area (Å²) >= 11 is 3.98. The van der Waals surface area contributed by atoms with Crippen LogP contribution in [0.5, 0.6) is 5.75 Å². The summed E-state index contributed by atoms with van der Waals surface area (Å²) in [5.41, 5.74) is 5.95. The molecule has 1 aromatic carbocycles. The zero-order valence-corrected chi connectivity index (χ0v) is 22.3. The lowest BCUT2D eigenvalue weighted by atomic mass is 9.92. The first-order valence-electron chi connectivity index (χ1n) is 12.3. The van der Waals surface area contributed by atoms with Crippen molar-refractivity contribution in [1.29, 1.82) is 0 Å². The smallest absolute Gasteiger partial charge is 0.243 e. The maximum Gasteiger partial charge on any atom is 0.243 e. The molecule has 1 rings (SSSR count). The van der Waals surface area contributed by atoms with Crippen LogP contribution in [0, 0.1) is 0 Å². The van der Waals surface area contributed by atoms with Gasteiger partial charge < -0.3 is 32.1 Å². The molecule has 12 heteroatoms. The molecule has 3 atom stereocenters. The predicted octanol–water partition coefficient (Wildman–Crippen LogP) is 0.473. The molecule has 0 aliphatic heterocycles. The molecule has 2 unspecified atom stereocenters. The van der Waals surface area contributed by atoms with E-state index in [1.165, 1.54) is 19.2 Å². The van der Waals surface area contributed by atoms with Crippen LogP contribution in [0.3, 0.4) is 0 Å². The predicted molar refractivity (Wildman–Crippen MR) is 143 cm³/mol. The van der Waals surface area contributed by atoms with Crippen LogP contribution in [0.15, 0.2) is 24.3 Å². The molecular formula is C25H39N5O6S. The molecule has 37 heavy (non-hydrogen) atoms. The second-order valence-corrected chi connectivity index (χ2v) is 9.12. The zero-order chi connectivity index (χ0) is 27.8. The van der Waals surface area contributed by atoms with Crippen molar-refractivity contribution in [2.75, 3.05) is 19.3 Å². The largest absolute Gasteiger partial charge is 0.508 e. The highest BCUT2D eigenvalue weighted by molar-refractivity contribution is 7.80. The van der Waals surface area contributed by atoms with Crippen LogP contribution in [0.1, 0.15) is 63.4 Å². The van der Waals surface area contributed by atoms with Gasteiger partial charge in [0.1, 0.15) is 17.8 Å². The number of phenolic OH excluding ortho intramolecular Hbond substituents is 1. The van der Waals surface area contributed by atoms with Gasteiger partial charge in [0.25, 0.3) is 0 Å². The lowest BCUT2D eigenvalue weighted by molar-refractivity contribution is -0.129. The molecule has 206 valence electrons. The first-order chi connectivity index (χ1) is 17.6. The van der Waals surface area contributed by atoms with Crippen molar-refractivity contribution in [2.45, 2.75) is 69.9 Å². The van der Waals surface area contributed by atoms with E-state index in [0.717, 1.165) is 5.56 Å². The molecule has 0 aromatic heterocycles. The monoisotopic (exact) mass is 537 g/mol. The van der Waals surface area contributed by atoms with E-state index in [-0.39, 0.29) is 60.3 Å². The summed E-state index contributed by atoms with van der Waals surface area (Å²) in [7, 11) is 1.53. The molecular weight excluding hydrogens is 498 g/mol. The number of carbonyl (C=O) groups excluding carboxylic acids is 5. The van der Waals surface area contributed by atoms with Crippen molar-refractivity contribution in [3.05, 3.63) is 29.8 Å². The third-order valence-electron chi connectivity index (χ3n) is 5.85. The van der Waals surface area contributed by atoms with E-state index in [1.807, 2.05) is 6.92 Å². The minimum atomic E-state index is -0.852. The Morgan fingerprint density at radius 2 is 1.49 bits per heavy atom. The SMILES string of the molecule is CNC(=O)CCCC(=O)NC(C(=O)NCCCCCC(=O)NC(CS)C(N)=O)[C@@H](C)c1ccc(O)cc1. The number of rotatable bonds is 17. The van der Waals surface area contributed by atoms with Gasteiger partial charge in [-0.2, -0.15) is 12.6 Å². The number of nitrogens with two attached hydrogens (primary N) is 1. The molecule has 7 N–H and O–H groups in total. The Hall–Kier alpha value is -3.28. The molecule has 0 saturated carbocycles. The lowest BCUT2D eigenvalue weighted by Crippen LogP contribution is -2.49. The third-order valence-corrected chi connectivity index (χ3v) is 6.21. The van der Waals surface area contributed by atoms with E-state index in [9.17, 15) is 29.1 Å². The number of aromatic hydroxyl groups is 1. The second kappa shape index (κ2) is 17.2. The minimum absolute atomic E-state index is 0.0969. The molecule has 0 radical (unpaired) electrons. The molecule has 0 heterocycles. The number of hydrogen-bond donors (Lipinski definition) is 7. The maximum atomic E-state index is 13.0. The lowest BCUT2D eigenvalue weighted by Gasteiger charge is -2.25. The number of carbonyl (C=O) groups is 5. The Labute approximate surface area is 223 Å². The van der Waals surface area contributed by atoms with Crippen LogP contribution in [0.4, 0.5) is 0 Å². The van der Waals surface area contributed by atoms with E-state index in [1.54, 1.807) is 12.1 Å². The van der Waals surface area contributed by atoms with Gasteiger partial charge in [-0.1, -0.05) is 25.5 Å². The van der Waals surface area contributed by atoms with Gasteiger partial charge in [-0.3, -0.25) is 24.0 Å². The quantitative estimate of drug-likeness (QED) is 0.112. The maximum absolute atomic E-state index is 13.0. The van der Waals surface area contributed by atoms with Crippen molar-refractivity contribution in [3.8, 4) is 5.75 Å². The fraction of sp³-hybridized carbons (Fsp3) is 0.560. The number of primary amides is 1. The van der Waals surface area contributed by atoms with Gasteiger partial charge in [0.15, 0.2) is 0 Å². The fourth-order valence-corrected chi connectivity index (χ4v) is 3.82. The highest BCUT2D eigenvalue weighted by Crippen LogP contribution is 2.22. The van der Waals surface area contributed by atoms with Gasteiger partial charge in [-0.25, -0.2) is 0 Å². The van der Waals surface area contributed by atoms with E-state index in [0.29, 0.717) is 32.2 Å². The van der Waals surface area contributed by atoms with Crippen LogP contribution in [0.25, 0.3) is 0 Å². The van der Waals surface area contributed by atoms with Gasteiger partial charge in [0.05, 0.1) is 0 Å².